The number of nitrogens with two attached hydrogens (primary N) is 1. The van der Waals surface area contributed by atoms with Gasteiger partial charge in [0.25, 0.3) is 0 Å². The van der Waals surface area contributed by atoms with E-state index in [9.17, 15) is 17.7 Å². The molecule has 0 aliphatic rings. The van der Waals surface area contributed by atoms with E-state index in [1.54, 1.807) is 0 Å². The molecule has 0 spiro atoms. The van der Waals surface area contributed by atoms with Gasteiger partial charge < -0.3 is 18.7 Å². The summed E-state index contributed by atoms with van der Waals surface area (Å²) < 4.78 is 36.8. The number of benzene rings is 1. The first-order valence-corrected chi connectivity index (χ1v) is 3.51. The summed E-state index contributed by atoms with van der Waals surface area (Å²) in [5.74, 6) is -1.06. The number of halogens is 3. The molecule has 0 saturated carbocycles. The van der Waals surface area contributed by atoms with Crippen molar-refractivity contribution in [2.24, 2.45) is 5.73 Å². The zero-order valence-electron chi connectivity index (χ0n) is 7.51. The fraction of sp³-hybridized carbons (Fsp3) is 0. The minimum absolute atomic E-state index is 0. The summed E-state index contributed by atoms with van der Waals surface area (Å²) in [4.78, 5) is 10.6. The Balaban J connectivity index is 0.00000169. The molecule has 0 aromatic heterocycles. The van der Waals surface area contributed by atoms with Crippen LogP contribution in [0.2, 0.25) is 0 Å². The van der Waals surface area contributed by atoms with Crippen molar-refractivity contribution >= 4 is 18.3 Å². The van der Waals surface area contributed by atoms with E-state index in [0.29, 0.717) is 0 Å². The maximum Gasteiger partial charge on any atom is 1.00 e. The van der Waals surface area contributed by atoms with E-state index in [2.05, 4.69) is 0 Å². The van der Waals surface area contributed by atoms with Crippen molar-refractivity contribution in [3.8, 4) is 0 Å². The zero-order valence-corrected chi connectivity index (χ0v) is 10.6. The van der Waals surface area contributed by atoms with Gasteiger partial charge in [-0.05, 0) is 0 Å². The number of hydrogen-bond acceptors (Lipinski definition) is 1. The molecule has 7 heteroatoms. The quantitative estimate of drug-likeness (QED) is 0.575. The minimum Gasteiger partial charge on any atom is -0.445 e. The molecule has 0 aliphatic carbocycles. The van der Waals surface area contributed by atoms with Gasteiger partial charge in [-0.15, -0.1) is 0 Å². The second-order valence-corrected chi connectivity index (χ2v) is 2.53. The molecule has 70 valence electrons. The molecular weight excluding hydrogens is 221 g/mol. The van der Waals surface area contributed by atoms with E-state index in [1.807, 2.05) is 0 Å². The monoisotopic (exact) mass is 227 g/mol. The van der Waals surface area contributed by atoms with Crippen LogP contribution in [0.25, 0.3) is 0 Å². The fourth-order valence-electron chi connectivity index (χ4n) is 1.01. The maximum atomic E-state index is 12.3. The molecule has 0 fully saturated rings. The normalized spacial score (nSPS) is 10.5. The van der Waals surface area contributed by atoms with Crippen LogP contribution < -0.4 is 62.6 Å². The standard InChI is InChI=1S/C7H6BF3NO.K/c9-8(10,11)6-4-2-1-3-5(6)7(12)13;/h1-4H,(H2,12,13);/q-1;+1. The summed E-state index contributed by atoms with van der Waals surface area (Å²) in [6.07, 6.45) is 0. The van der Waals surface area contributed by atoms with Gasteiger partial charge in [-0.3, -0.25) is 4.79 Å². The Kier molecular flexibility index (Phi) is 5.38. The van der Waals surface area contributed by atoms with Crippen LogP contribution in [0.3, 0.4) is 0 Å². The summed E-state index contributed by atoms with van der Waals surface area (Å²) in [6, 6.07) is 4.47. The summed E-state index contributed by atoms with van der Waals surface area (Å²) in [5, 5.41) is 0. The SMILES string of the molecule is NC(=O)c1ccccc1[B-](F)(F)F.[K+]. The van der Waals surface area contributed by atoms with Gasteiger partial charge in [0.1, 0.15) is 0 Å². The molecule has 1 aromatic carbocycles. The van der Waals surface area contributed by atoms with Gasteiger partial charge >= 0.3 is 58.4 Å². The molecule has 1 rings (SSSR count). The maximum absolute atomic E-state index is 12.3. The van der Waals surface area contributed by atoms with Crippen LogP contribution in [-0.4, -0.2) is 12.9 Å². The number of carbonyl (C=O) groups excluding carboxylic acids is 1. The molecule has 14 heavy (non-hydrogen) atoms. The van der Waals surface area contributed by atoms with Crippen LogP contribution >= 0.6 is 0 Å². The average molecular weight is 227 g/mol. The molecule has 0 bridgehead atoms. The van der Waals surface area contributed by atoms with E-state index in [-0.39, 0.29) is 51.4 Å². The Morgan fingerprint density at radius 2 is 1.71 bits per heavy atom. The zero-order chi connectivity index (χ0) is 10.1. The Bertz CT molecular complexity index is 342. The van der Waals surface area contributed by atoms with Crippen LogP contribution in [0, 0.1) is 0 Å². The van der Waals surface area contributed by atoms with Gasteiger partial charge in [0.15, 0.2) is 0 Å². The number of rotatable bonds is 2. The molecule has 0 heterocycles. The van der Waals surface area contributed by atoms with Gasteiger partial charge in [-0.1, -0.05) is 29.7 Å². The fourth-order valence-corrected chi connectivity index (χ4v) is 1.01. The third kappa shape index (κ3) is 3.39. The molecule has 1 amide bonds. The van der Waals surface area contributed by atoms with Gasteiger partial charge in [-0.2, -0.15) is 0 Å². The van der Waals surface area contributed by atoms with E-state index < -0.39 is 23.9 Å². The predicted molar refractivity (Wildman–Crippen MR) is 43.7 cm³/mol. The Hall–Kier alpha value is 0.181. The first-order valence-electron chi connectivity index (χ1n) is 3.51. The largest absolute Gasteiger partial charge is 1.00 e. The van der Waals surface area contributed by atoms with E-state index in [0.717, 1.165) is 12.1 Å². The van der Waals surface area contributed by atoms with Crippen molar-refractivity contribution < 1.29 is 69.1 Å². The molecule has 1 aromatic rings. The number of hydrogen-bond donors (Lipinski definition) is 1. The Morgan fingerprint density at radius 1 is 1.21 bits per heavy atom. The molecule has 0 aliphatic heterocycles. The second kappa shape index (κ2) is 5.32. The van der Waals surface area contributed by atoms with Gasteiger partial charge in [0.05, 0.1) is 0 Å². The van der Waals surface area contributed by atoms with Crippen molar-refractivity contribution in [1.82, 2.24) is 0 Å². The Morgan fingerprint density at radius 3 is 2.07 bits per heavy atom. The average Bonchev–Trinajstić information content (AvgIpc) is 2.03. The molecule has 0 unspecified atom stereocenters. The smallest absolute Gasteiger partial charge is 0.445 e. The Labute approximate surface area is 122 Å². The van der Waals surface area contributed by atoms with Crippen molar-refractivity contribution in [3.63, 3.8) is 0 Å². The van der Waals surface area contributed by atoms with Gasteiger partial charge in [0, 0.05) is 5.56 Å². The summed E-state index contributed by atoms with van der Waals surface area (Å²) in [7, 11) is 0. The summed E-state index contributed by atoms with van der Waals surface area (Å²) in [5.41, 5.74) is 3.37. The molecule has 0 atom stereocenters. The second-order valence-electron chi connectivity index (χ2n) is 2.53. The topological polar surface area (TPSA) is 43.1 Å². The number of primary amides is 1. The first-order chi connectivity index (χ1) is 5.93. The minimum atomic E-state index is -5.17. The molecule has 2 nitrogen and oxygen atoms in total. The molecule has 0 radical (unpaired) electrons. The summed E-state index contributed by atoms with van der Waals surface area (Å²) in [6.45, 7) is -5.17. The third-order valence-electron chi connectivity index (χ3n) is 1.58. The predicted octanol–water partition coefficient (Wildman–Crippen LogP) is -2.16. The molecular formula is C7H6BF3KNO. The van der Waals surface area contributed by atoms with E-state index in [1.165, 1.54) is 12.1 Å². The van der Waals surface area contributed by atoms with E-state index in [4.69, 9.17) is 5.73 Å². The van der Waals surface area contributed by atoms with Crippen molar-refractivity contribution in [3.05, 3.63) is 29.8 Å². The summed E-state index contributed by atoms with van der Waals surface area (Å²) >= 11 is 0. The van der Waals surface area contributed by atoms with Crippen LogP contribution in [0.4, 0.5) is 12.9 Å². The molecule has 0 saturated heterocycles. The van der Waals surface area contributed by atoms with Crippen LogP contribution in [0.5, 0.6) is 0 Å². The van der Waals surface area contributed by atoms with Crippen molar-refractivity contribution in [2.45, 2.75) is 0 Å². The van der Waals surface area contributed by atoms with Crippen LogP contribution in [0.15, 0.2) is 24.3 Å². The van der Waals surface area contributed by atoms with Crippen molar-refractivity contribution in [1.29, 1.82) is 0 Å². The number of carbonyl (C=O) groups is 1. The van der Waals surface area contributed by atoms with Crippen LogP contribution in [-0.2, 0) is 0 Å². The first kappa shape index (κ1) is 14.2. The van der Waals surface area contributed by atoms with E-state index >= 15 is 0 Å². The third-order valence-corrected chi connectivity index (χ3v) is 1.58. The molecule has 2 N–H and O–H groups in total. The van der Waals surface area contributed by atoms with Crippen LogP contribution in [0.1, 0.15) is 10.4 Å². The number of amides is 1. The van der Waals surface area contributed by atoms with Gasteiger partial charge in [0.2, 0.25) is 5.91 Å². The van der Waals surface area contributed by atoms with Gasteiger partial charge in [-0.25, -0.2) is 0 Å². The van der Waals surface area contributed by atoms with Crippen molar-refractivity contribution in [2.75, 3.05) is 0 Å².